The lowest BCUT2D eigenvalue weighted by molar-refractivity contribution is -0.164. The number of piperazine rings is 1. The van der Waals surface area contributed by atoms with Crippen LogP contribution in [0.15, 0.2) is 65.5 Å². The maximum absolute atomic E-state index is 15.3. The first-order valence-electron chi connectivity index (χ1n) is 20.7. The molecule has 1 aliphatic carbocycles. The molecule has 0 bridgehead atoms. The van der Waals surface area contributed by atoms with E-state index in [0.717, 1.165) is 74.7 Å². The lowest BCUT2D eigenvalue weighted by atomic mass is 9.49. The van der Waals surface area contributed by atoms with Crippen molar-refractivity contribution in [2.75, 3.05) is 55.6 Å². The van der Waals surface area contributed by atoms with Crippen LogP contribution in [0.1, 0.15) is 75.3 Å². The first-order valence-corrected chi connectivity index (χ1v) is 21.1. The van der Waals surface area contributed by atoms with E-state index in [-0.39, 0.29) is 52.5 Å². The summed E-state index contributed by atoms with van der Waals surface area (Å²) in [5.74, 6) is -0.846. The number of nitriles is 1. The molecular weight excluding hydrogens is 787 g/mol. The summed E-state index contributed by atoms with van der Waals surface area (Å²) < 4.78 is 22.5. The number of carbonyl (C=O) groups excluding carboxylic acids is 3. The first-order chi connectivity index (χ1) is 28.6. The molecule has 4 aliphatic rings. The molecule has 3 aliphatic heterocycles. The molecule has 4 aromatic rings. The number of hydrogen-bond donors (Lipinski definition) is 2. The monoisotopic (exact) mass is 836 g/mol. The lowest BCUT2D eigenvalue weighted by Crippen LogP contribution is -2.74. The number of ether oxygens (including phenoxy) is 1. The molecule has 4 fully saturated rings. The third kappa shape index (κ3) is 7.81. The number of halogens is 2. The second kappa shape index (κ2) is 16.2. The molecule has 3 amide bonds. The van der Waals surface area contributed by atoms with Gasteiger partial charge >= 0.3 is 0 Å². The summed E-state index contributed by atoms with van der Waals surface area (Å²) in [5.41, 5.74) is 1.66. The molecule has 1 unspecified atom stereocenters. The molecule has 15 heteroatoms. The Bertz CT molecular complexity index is 2420. The van der Waals surface area contributed by atoms with Crippen LogP contribution in [-0.4, -0.2) is 90.4 Å². The molecule has 3 saturated heterocycles. The summed E-state index contributed by atoms with van der Waals surface area (Å²) in [6, 6.07) is 19.0. The lowest BCUT2D eigenvalue weighted by Gasteiger charge is -2.63. The number of aromatic nitrogens is 2. The highest BCUT2D eigenvalue weighted by Crippen LogP contribution is 2.55. The zero-order valence-corrected chi connectivity index (χ0v) is 35.1. The number of nitrogens with zero attached hydrogens (tertiary/aromatic N) is 6. The number of rotatable bonds is 9. The second-order valence-electron chi connectivity index (χ2n) is 17.8. The van der Waals surface area contributed by atoms with Gasteiger partial charge in [-0.25, -0.2) is 4.68 Å². The molecule has 314 valence electrons. The van der Waals surface area contributed by atoms with Gasteiger partial charge < -0.3 is 19.9 Å². The zero-order valence-electron chi connectivity index (χ0n) is 34.3. The highest BCUT2D eigenvalue weighted by molar-refractivity contribution is 6.31. The summed E-state index contributed by atoms with van der Waals surface area (Å²) in [6.07, 6.45) is 2.11. The summed E-state index contributed by atoms with van der Waals surface area (Å²) in [7, 11) is 0. The van der Waals surface area contributed by atoms with Gasteiger partial charge in [0, 0.05) is 97.5 Å². The number of carbonyl (C=O) groups is 3. The minimum atomic E-state index is -1.03. The summed E-state index contributed by atoms with van der Waals surface area (Å²) in [6.45, 7) is 14.5. The maximum atomic E-state index is 15.3. The Hall–Kier alpha value is -5.52. The van der Waals surface area contributed by atoms with E-state index >= 15 is 4.39 Å². The van der Waals surface area contributed by atoms with E-state index < -0.39 is 29.4 Å². The van der Waals surface area contributed by atoms with Crippen LogP contribution in [0.2, 0.25) is 5.02 Å². The number of benzene rings is 3. The molecule has 8 rings (SSSR count). The van der Waals surface area contributed by atoms with E-state index in [1.54, 1.807) is 30.3 Å². The topological polar surface area (TPSA) is 153 Å². The minimum absolute atomic E-state index is 0.0608. The standard InChI is InChI=1S/C45H50ClFN8O5/c1-44(2)42(45(3,4)43(44)60-32-11-7-29(25-48)35(46)24-32)50-39(57)28-5-8-30(9-6-28)53-17-15-27(16-18-53)26-52-19-21-54(22-20-52)31-10-12-33-34(23-31)38(47)51-55(41(33)59)36-13-14-37(56)49-40(36)58/h5-12,23-24,27,36,42-43H,13-22,26H2,1-4H3,(H,50,57)(H,49,56,58). The van der Waals surface area contributed by atoms with Crippen molar-refractivity contribution in [3.05, 3.63) is 93.1 Å². The predicted octanol–water partition coefficient (Wildman–Crippen LogP) is 5.69. The van der Waals surface area contributed by atoms with Crippen LogP contribution in [0.5, 0.6) is 5.75 Å². The molecule has 13 nitrogen and oxygen atoms in total. The smallest absolute Gasteiger partial charge is 0.275 e. The minimum Gasteiger partial charge on any atom is -0.489 e. The average molecular weight is 837 g/mol. The maximum Gasteiger partial charge on any atom is 0.275 e. The van der Waals surface area contributed by atoms with Gasteiger partial charge in [-0.3, -0.25) is 29.4 Å². The molecule has 3 aromatic carbocycles. The quantitative estimate of drug-likeness (QED) is 0.201. The van der Waals surface area contributed by atoms with E-state index in [1.807, 2.05) is 30.3 Å². The van der Waals surface area contributed by atoms with Crippen molar-refractivity contribution < 1.29 is 23.5 Å². The molecule has 60 heavy (non-hydrogen) atoms. The van der Waals surface area contributed by atoms with Crippen LogP contribution >= 0.6 is 11.6 Å². The fourth-order valence-corrected chi connectivity index (χ4v) is 10.3. The summed E-state index contributed by atoms with van der Waals surface area (Å²) in [4.78, 5) is 57.7. The van der Waals surface area contributed by atoms with E-state index in [0.29, 0.717) is 27.8 Å². The van der Waals surface area contributed by atoms with Crippen molar-refractivity contribution in [3.8, 4) is 11.8 Å². The molecule has 2 N–H and O–H groups in total. The number of anilines is 2. The number of nitrogens with one attached hydrogen (secondary N) is 2. The van der Waals surface area contributed by atoms with Gasteiger partial charge in [0.25, 0.3) is 17.4 Å². The van der Waals surface area contributed by atoms with Crippen LogP contribution in [0, 0.1) is 34.0 Å². The van der Waals surface area contributed by atoms with E-state index in [1.165, 1.54) is 0 Å². The molecular formula is C45H50ClFN8O5. The third-order valence-electron chi connectivity index (χ3n) is 13.2. The Labute approximate surface area is 353 Å². The average Bonchev–Trinajstić information content (AvgIpc) is 3.23. The van der Waals surface area contributed by atoms with E-state index in [2.05, 4.69) is 64.2 Å². The van der Waals surface area contributed by atoms with Gasteiger partial charge in [0.1, 0.15) is 24.0 Å². The van der Waals surface area contributed by atoms with Crippen LogP contribution in [0.3, 0.4) is 0 Å². The van der Waals surface area contributed by atoms with Gasteiger partial charge in [-0.15, -0.1) is 5.10 Å². The van der Waals surface area contributed by atoms with Gasteiger partial charge in [-0.05, 0) is 79.8 Å². The number of fused-ring (bicyclic) bond motifs is 1. The van der Waals surface area contributed by atoms with Crippen molar-refractivity contribution in [2.24, 2.45) is 16.7 Å². The van der Waals surface area contributed by atoms with E-state index in [9.17, 15) is 24.4 Å². The van der Waals surface area contributed by atoms with Crippen molar-refractivity contribution >= 4 is 51.5 Å². The van der Waals surface area contributed by atoms with Crippen LogP contribution in [0.25, 0.3) is 10.8 Å². The van der Waals surface area contributed by atoms with Gasteiger partial charge in [0.05, 0.1) is 16.0 Å². The Kier molecular flexibility index (Phi) is 11.1. The summed E-state index contributed by atoms with van der Waals surface area (Å²) >= 11 is 6.25. The molecule has 4 heterocycles. The summed E-state index contributed by atoms with van der Waals surface area (Å²) in [5, 5.41) is 19.2. The van der Waals surface area contributed by atoms with E-state index in [4.69, 9.17) is 16.3 Å². The van der Waals surface area contributed by atoms with Gasteiger partial charge in [-0.1, -0.05) is 39.3 Å². The van der Waals surface area contributed by atoms with Crippen LogP contribution < -0.4 is 30.7 Å². The number of amides is 3. The Morgan fingerprint density at radius 2 is 1.57 bits per heavy atom. The third-order valence-corrected chi connectivity index (χ3v) is 13.5. The molecule has 0 spiro atoms. The number of hydrogen-bond acceptors (Lipinski definition) is 10. The van der Waals surface area contributed by atoms with Gasteiger partial charge in [0.2, 0.25) is 11.9 Å². The molecule has 0 radical (unpaired) electrons. The normalized spacial score (nSPS) is 23.1. The second-order valence-corrected chi connectivity index (χ2v) is 18.2. The molecule has 1 aromatic heterocycles. The highest BCUT2D eigenvalue weighted by Gasteiger charge is 2.64. The Morgan fingerprint density at radius 3 is 2.22 bits per heavy atom. The van der Waals surface area contributed by atoms with Crippen molar-refractivity contribution in [1.29, 1.82) is 5.26 Å². The van der Waals surface area contributed by atoms with Crippen LogP contribution in [-0.2, 0) is 9.59 Å². The van der Waals surface area contributed by atoms with Crippen LogP contribution in [0.4, 0.5) is 15.8 Å². The fourth-order valence-electron chi connectivity index (χ4n) is 10.1. The SMILES string of the molecule is CC1(C)C(NC(=O)c2ccc(N3CCC(CN4CCN(c5ccc6c(=O)n(C7CCC(=O)NC7=O)nc(F)c6c5)CC4)CC3)cc2)C(C)(C)C1Oc1ccc(C#N)c(Cl)c1. The number of piperidine rings is 2. The largest absolute Gasteiger partial charge is 0.489 e. The van der Waals surface area contributed by atoms with Crippen molar-refractivity contribution in [1.82, 2.24) is 25.3 Å². The Morgan fingerprint density at radius 1 is 0.900 bits per heavy atom. The van der Waals surface area contributed by atoms with Gasteiger partial charge in [0.15, 0.2) is 0 Å². The van der Waals surface area contributed by atoms with Crippen molar-refractivity contribution in [2.45, 2.75) is 71.6 Å². The van der Waals surface area contributed by atoms with Gasteiger partial charge in [-0.2, -0.15) is 9.65 Å². The fraction of sp³-hybridized carbons (Fsp3) is 0.467. The molecule has 1 saturated carbocycles. The van der Waals surface area contributed by atoms with Crippen molar-refractivity contribution in [3.63, 3.8) is 0 Å². The zero-order chi connectivity index (χ0) is 42.5. The first kappa shape index (κ1) is 41.2. The highest BCUT2D eigenvalue weighted by atomic mass is 35.5. The Balaban J connectivity index is 0.801. The predicted molar refractivity (Wildman–Crippen MR) is 227 cm³/mol. The number of imide groups is 1. The molecule has 1 atom stereocenters.